The molecule has 0 saturated heterocycles. The van der Waals surface area contributed by atoms with Gasteiger partial charge in [0.2, 0.25) is 11.8 Å². The van der Waals surface area contributed by atoms with Gasteiger partial charge in [-0.3, -0.25) is 19.0 Å². The molecule has 0 spiro atoms. The van der Waals surface area contributed by atoms with Gasteiger partial charge in [-0.15, -0.1) is 0 Å². The molecule has 4 rings (SSSR count). The first kappa shape index (κ1) is 24.2. The molecule has 0 aliphatic heterocycles. The minimum absolute atomic E-state index is 0.161. The molecule has 35 heavy (non-hydrogen) atoms. The Labute approximate surface area is 207 Å². The van der Waals surface area contributed by atoms with Crippen molar-refractivity contribution in [3.63, 3.8) is 0 Å². The van der Waals surface area contributed by atoms with E-state index in [4.69, 9.17) is 11.6 Å². The zero-order chi connectivity index (χ0) is 25.1. The highest BCUT2D eigenvalue weighted by atomic mass is 35.5. The van der Waals surface area contributed by atoms with Crippen molar-refractivity contribution in [2.24, 2.45) is 0 Å². The van der Waals surface area contributed by atoms with Crippen molar-refractivity contribution in [2.75, 3.05) is 10.6 Å². The van der Waals surface area contributed by atoms with Gasteiger partial charge < -0.3 is 10.6 Å². The molecule has 2 N–H and O–H groups in total. The van der Waals surface area contributed by atoms with Crippen molar-refractivity contribution in [1.29, 1.82) is 0 Å². The Bertz CT molecular complexity index is 1480. The number of anilines is 2. The Kier molecular flexibility index (Phi) is 6.98. The number of fused-ring (bicyclic) bond motifs is 1. The second kappa shape index (κ2) is 10.1. The van der Waals surface area contributed by atoms with Crippen LogP contribution in [0, 0.1) is 6.92 Å². The van der Waals surface area contributed by atoms with Gasteiger partial charge in [0.1, 0.15) is 11.7 Å². The molecule has 0 bridgehead atoms. The molecule has 0 aliphatic carbocycles. The molecular formula is C27H25ClN4O3. The number of benzene rings is 3. The molecule has 2 amide bonds. The molecule has 0 unspecified atom stereocenters. The minimum atomic E-state index is -0.793. The number of aromatic nitrogens is 2. The summed E-state index contributed by atoms with van der Waals surface area (Å²) >= 11 is 5.96. The number of amides is 2. The molecule has 0 fully saturated rings. The topological polar surface area (TPSA) is 93.1 Å². The third-order valence-corrected chi connectivity index (χ3v) is 5.90. The summed E-state index contributed by atoms with van der Waals surface area (Å²) in [5.41, 5.74) is 3.32. The second-order valence-electron chi connectivity index (χ2n) is 8.27. The summed E-state index contributed by atoms with van der Waals surface area (Å²) in [6, 6.07) is 18.6. The Morgan fingerprint density at radius 2 is 1.74 bits per heavy atom. The highest BCUT2D eigenvalue weighted by Gasteiger charge is 2.25. The maximum atomic E-state index is 13.9. The van der Waals surface area contributed by atoms with E-state index in [1.54, 1.807) is 48.5 Å². The quantitative estimate of drug-likeness (QED) is 0.371. The van der Waals surface area contributed by atoms with Gasteiger partial charge in [0.05, 0.1) is 16.7 Å². The molecule has 178 valence electrons. The zero-order valence-electron chi connectivity index (χ0n) is 19.6. The normalized spacial score (nSPS) is 11.8. The van der Waals surface area contributed by atoms with Gasteiger partial charge in [-0.1, -0.05) is 42.3 Å². The first-order chi connectivity index (χ1) is 16.8. The number of rotatable bonds is 6. The van der Waals surface area contributed by atoms with E-state index in [9.17, 15) is 14.4 Å². The third-order valence-electron chi connectivity index (χ3n) is 5.65. The van der Waals surface area contributed by atoms with Crippen LogP contribution >= 0.6 is 11.6 Å². The van der Waals surface area contributed by atoms with E-state index in [1.807, 2.05) is 32.0 Å². The van der Waals surface area contributed by atoms with Crippen LogP contribution in [0.3, 0.4) is 0 Å². The standard InChI is InChI=1S/C27H25ClN4O3/c1-4-23(26(34)30-19-12-10-18(28)11-13-19)32-24-8-6-5-7-22(24)31-25(27(32)35)20-15-16(2)9-14-21(20)29-17(3)33/h5-15,23H,4H2,1-3H3,(H,29,33)(H,30,34)/t23-/m1/s1. The minimum Gasteiger partial charge on any atom is -0.326 e. The van der Waals surface area contributed by atoms with Gasteiger partial charge in [-0.2, -0.15) is 0 Å². The Balaban J connectivity index is 1.90. The van der Waals surface area contributed by atoms with Crippen LogP contribution < -0.4 is 16.2 Å². The summed E-state index contributed by atoms with van der Waals surface area (Å²) in [6.07, 6.45) is 0.374. The SMILES string of the molecule is CC[C@H](C(=O)Nc1ccc(Cl)cc1)n1c(=O)c(-c2cc(C)ccc2NC(C)=O)nc2ccccc21. The van der Waals surface area contributed by atoms with Crippen LogP contribution in [0.4, 0.5) is 11.4 Å². The zero-order valence-corrected chi connectivity index (χ0v) is 20.4. The fraction of sp³-hybridized carbons (Fsp3) is 0.185. The fourth-order valence-corrected chi connectivity index (χ4v) is 4.16. The monoisotopic (exact) mass is 488 g/mol. The highest BCUT2D eigenvalue weighted by Crippen LogP contribution is 2.29. The number of aryl methyl sites for hydroxylation is 1. The van der Waals surface area contributed by atoms with Gasteiger partial charge in [0.25, 0.3) is 5.56 Å². The highest BCUT2D eigenvalue weighted by molar-refractivity contribution is 6.30. The van der Waals surface area contributed by atoms with Crippen molar-refractivity contribution in [2.45, 2.75) is 33.2 Å². The average Bonchev–Trinajstić information content (AvgIpc) is 2.83. The first-order valence-corrected chi connectivity index (χ1v) is 11.6. The predicted octanol–water partition coefficient (Wildman–Crippen LogP) is 5.57. The number of carbonyl (C=O) groups is 2. The molecule has 1 aromatic heterocycles. The number of nitrogens with one attached hydrogen (secondary N) is 2. The lowest BCUT2D eigenvalue weighted by molar-refractivity contribution is -0.119. The van der Waals surface area contributed by atoms with Crippen LogP contribution in [0.15, 0.2) is 71.5 Å². The summed E-state index contributed by atoms with van der Waals surface area (Å²) in [5.74, 6) is -0.587. The molecule has 1 heterocycles. The largest absolute Gasteiger partial charge is 0.326 e. The van der Waals surface area contributed by atoms with Crippen molar-refractivity contribution < 1.29 is 9.59 Å². The van der Waals surface area contributed by atoms with E-state index in [1.165, 1.54) is 11.5 Å². The van der Waals surface area contributed by atoms with E-state index in [-0.39, 0.29) is 17.5 Å². The van der Waals surface area contributed by atoms with Crippen LogP contribution in [-0.2, 0) is 9.59 Å². The number of hydrogen-bond donors (Lipinski definition) is 2. The predicted molar refractivity (Wildman–Crippen MR) is 140 cm³/mol. The maximum absolute atomic E-state index is 13.9. The number of halogens is 1. The Morgan fingerprint density at radius 3 is 2.43 bits per heavy atom. The van der Waals surface area contributed by atoms with Crippen molar-refractivity contribution in [3.05, 3.63) is 87.7 Å². The van der Waals surface area contributed by atoms with Crippen LogP contribution in [0.5, 0.6) is 0 Å². The number of hydrogen-bond acceptors (Lipinski definition) is 4. The van der Waals surface area contributed by atoms with Crippen LogP contribution in [-0.4, -0.2) is 21.4 Å². The second-order valence-corrected chi connectivity index (χ2v) is 8.71. The molecular weight excluding hydrogens is 464 g/mol. The molecule has 0 saturated carbocycles. The molecule has 0 radical (unpaired) electrons. The van der Waals surface area contributed by atoms with Gasteiger partial charge >= 0.3 is 0 Å². The van der Waals surface area contributed by atoms with E-state index in [0.717, 1.165) is 5.56 Å². The van der Waals surface area contributed by atoms with E-state index in [2.05, 4.69) is 15.6 Å². The summed E-state index contributed by atoms with van der Waals surface area (Å²) in [5, 5.41) is 6.22. The average molecular weight is 489 g/mol. The molecule has 8 heteroatoms. The molecule has 4 aromatic rings. The van der Waals surface area contributed by atoms with Gasteiger partial charge in [-0.25, -0.2) is 4.98 Å². The Morgan fingerprint density at radius 1 is 1.03 bits per heavy atom. The summed E-state index contributed by atoms with van der Waals surface area (Å²) in [6.45, 7) is 5.15. The van der Waals surface area contributed by atoms with Crippen LogP contribution in [0.2, 0.25) is 5.02 Å². The lowest BCUT2D eigenvalue weighted by Crippen LogP contribution is -2.34. The molecule has 3 aromatic carbocycles. The smallest absolute Gasteiger partial charge is 0.278 e. The van der Waals surface area contributed by atoms with Crippen LogP contribution in [0.1, 0.15) is 31.9 Å². The maximum Gasteiger partial charge on any atom is 0.278 e. The summed E-state index contributed by atoms with van der Waals surface area (Å²) in [7, 11) is 0. The molecule has 0 aliphatic rings. The van der Waals surface area contributed by atoms with Crippen molar-refractivity contribution in [1.82, 2.24) is 9.55 Å². The number of para-hydroxylation sites is 2. The van der Waals surface area contributed by atoms with E-state index >= 15 is 0 Å². The van der Waals surface area contributed by atoms with Gasteiger partial charge in [0, 0.05) is 23.2 Å². The number of nitrogens with zero attached hydrogens (tertiary/aromatic N) is 2. The lowest BCUT2D eigenvalue weighted by atomic mass is 10.0. The van der Waals surface area contributed by atoms with Crippen LogP contribution in [0.25, 0.3) is 22.3 Å². The van der Waals surface area contributed by atoms with Gasteiger partial charge in [-0.05, 0) is 61.9 Å². The fourth-order valence-electron chi connectivity index (χ4n) is 4.04. The van der Waals surface area contributed by atoms with E-state index in [0.29, 0.717) is 39.4 Å². The Hall–Kier alpha value is -3.97. The number of carbonyl (C=O) groups excluding carboxylic acids is 2. The molecule has 1 atom stereocenters. The third kappa shape index (κ3) is 5.10. The first-order valence-electron chi connectivity index (χ1n) is 11.2. The summed E-state index contributed by atoms with van der Waals surface area (Å²) in [4.78, 5) is 43.7. The lowest BCUT2D eigenvalue weighted by Gasteiger charge is -2.21. The molecule has 7 nitrogen and oxygen atoms in total. The van der Waals surface area contributed by atoms with Crippen molar-refractivity contribution in [3.8, 4) is 11.3 Å². The van der Waals surface area contributed by atoms with Crippen molar-refractivity contribution >= 4 is 45.8 Å². The van der Waals surface area contributed by atoms with E-state index < -0.39 is 11.6 Å². The summed E-state index contributed by atoms with van der Waals surface area (Å²) < 4.78 is 1.49. The van der Waals surface area contributed by atoms with Gasteiger partial charge in [0.15, 0.2) is 0 Å².